The topological polar surface area (TPSA) is 166 Å². The van der Waals surface area contributed by atoms with Crippen LogP contribution in [0.15, 0.2) is 0 Å². The molecule has 1 aliphatic rings. The van der Waals surface area contributed by atoms with E-state index in [9.17, 15) is 24.3 Å². The van der Waals surface area contributed by atoms with Crippen LogP contribution in [0.4, 0.5) is 0 Å². The van der Waals surface area contributed by atoms with Gasteiger partial charge in [-0.3, -0.25) is 9.59 Å². The molecule has 186 valence electrons. The quantitative estimate of drug-likeness (QED) is 0.264. The average molecular weight is 462 g/mol. The van der Waals surface area contributed by atoms with Crippen molar-refractivity contribution in [3.63, 3.8) is 0 Å². The summed E-state index contributed by atoms with van der Waals surface area (Å²) in [6, 6.07) is 0. The molecule has 0 aromatic heterocycles. The monoisotopic (exact) mass is 461 g/mol. The molecule has 0 aromatic rings. The minimum absolute atomic E-state index is 0.0564. The normalized spacial score (nSPS) is 16.9. The van der Waals surface area contributed by atoms with E-state index in [1.54, 1.807) is 0 Å². The molecule has 0 spiro atoms. The number of carboxylic acids is 3. The molecule has 1 aliphatic carbocycles. The summed E-state index contributed by atoms with van der Waals surface area (Å²) in [6.07, 6.45) is 4.85. The first kappa shape index (κ1) is 29.8. The fourth-order valence-electron chi connectivity index (χ4n) is 3.94. The lowest BCUT2D eigenvalue weighted by Gasteiger charge is -2.28. The smallest absolute Gasteiger partial charge is 0.336 e. The number of hydrogen-bond acceptors (Lipinski definition) is 7. The number of carboxylic acid groups (broad SMARTS) is 3. The summed E-state index contributed by atoms with van der Waals surface area (Å²) < 4.78 is 5.52. The van der Waals surface area contributed by atoms with Crippen LogP contribution in [0.25, 0.3) is 0 Å². The predicted octanol–water partition coefficient (Wildman–Crippen LogP) is -0.522. The highest BCUT2D eigenvalue weighted by Gasteiger charge is 2.38. The fourth-order valence-corrected chi connectivity index (χ4v) is 3.94. The molecule has 10 heteroatoms. The van der Waals surface area contributed by atoms with Gasteiger partial charge in [-0.2, -0.15) is 0 Å². The molecule has 0 amide bonds. The Hall–Kier alpha value is -2.20. The van der Waals surface area contributed by atoms with E-state index in [1.165, 1.54) is 37.0 Å². The fraction of sp³-hybridized carbons (Fsp3) is 0.818. The summed E-state index contributed by atoms with van der Waals surface area (Å²) in [7, 11) is 0. The van der Waals surface area contributed by atoms with Crippen LogP contribution in [0.5, 0.6) is 0 Å². The van der Waals surface area contributed by atoms with Crippen molar-refractivity contribution < 1.29 is 49.2 Å². The highest BCUT2D eigenvalue weighted by molar-refractivity contribution is 5.87. The van der Waals surface area contributed by atoms with E-state index in [0.717, 1.165) is 26.1 Å². The van der Waals surface area contributed by atoms with E-state index < -0.39 is 36.4 Å². The van der Waals surface area contributed by atoms with Gasteiger partial charge in [-0.1, -0.05) is 26.2 Å². The molecule has 1 saturated carbocycles. The van der Waals surface area contributed by atoms with Gasteiger partial charge in [-0.25, -0.2) is 4.79 Å². The van der Waals surface area contributed by atoms with Gasteiger partial charge in [0.2, 0.25) is 0 Å². The molecule has 2 unspecified atom stereocenters. The van der Waals surface area contributed by atoms with Gasteiger partial charge in [-0.05, 0) is 39.0 Å². The molecule has 0 bridgehead atoms. The molecule has 0 saturated heterocycles. The van der Waals surface area contributed by atoms with Crippen molar-refractivity contribution in [1.29, 1.82) is 0 Å². The first-order valence-electron chi connectivity index (χ1n) is 11.4. The molecule has 0 heterocycles. The number of likely N-dealkylation sites (N-methyl/N-ethyl adjacent to an activating group) is 1. The van der Waals surface area contributed by atoms with Crippen LogP contribution in [-0.4, -0.2) is 71.0 Å². The van der Waals surface area contributed by atoms with Crippen LogP contribution in [0.1, 0.15) is 72.1 Å². The van der Waals surface area contributed by atoms with E-state index in [2.05, 4.69) is 20.8 Å². The number of carbonyl (C=O) groups is 4. The maximum Gasteiger partial charge on any atom is 0.336 e. The van der Waals surface area contributed by atoms with Crippen LogP contribution in [0, 0.1) is 11.8 Å². The Bertz CT molecular complexity index is 582. The van der Waals surface area contributed by atoms with Crippen molar-refractivity contribution in [2.75, 3.05) is 26.2 Å². The van der Waals surface area contributed by atoms with E-state index in [-0.39, 0.29) is 11.9 Å². The van der Waals surface area contributed by atoms with E-state index in [0.29, 0.717) is 12.5 Å². The van der Waals surface area contributed by atoms with Crippen molar-refractivity contribution >= 4 is 23.9 Å². The van der Waals surface area contributed by atoms with Crippen LogP contribution < -0.4 is 10.0 Å². The molecule has 0 aromatic carbocycles. The van der Waals surface area contributed by atoms with Gasteiger partial charge in [0.25, 0.3) is 0 Å². The van der Waals surface area contributed by atoms with Gasteiger partial charge in [0.1, 0.15) is 13.2 Å². The van der Waals surface area contributed by atoms with Gasteiger partial charge in [0.15, 0.2) is 5.60 Å². The lowest BCUT2D eigenvalue weighted by molar-refractivity contribution is -0.896. The molecule has 10 nitrogen and oxygen atoms in total. The third-order valence-corrected chi connectivity index (χ3v) is 5.94. The Balaban J connectivity index is 0.000000649. The van der Waals surface area contributed by atoms with Crippen LogP contribution in [-0.2, 0) is 23.9 Å². The Labute approximate surface area is 189 Å². The molecule has 4 N–H and O–H groups in total. The zero-order valence-corrected chi connectivity index (χ0v) is 19.4. The molecule has 1 rings (SSSR count). The highest BCUT2D eigenvalue weighted by Crippen LogP contribution is 2.32. The van der Waals surface area contributed by atoms with E-state index in [1.807, 2.05) is 0 Å². The number of aliphatic hydroxyl groups is 1. The molecular formula is C22H39NO9. The first-order chi connectivity index (χ1) is 15.0. The molecule has 0 aliphatic heterocycles. The SMILES string of the molecule is CCC(C(=O)OCC[NH+](CC)CC)C1CCCCC1.O=C([O-])CC(O)(CC(=O)O)C(=O)O. The summed E-state index contributed by atoms with van der Waals surface area (Å²) in [4.78, 5) is 44.0. The van der Waals surface area contributed by atoms with Crippen LogP contribution in [0.3, 0.4) is 0 Å². The number of rotatable bonds is 13. The number of ether oxygens (including phenoxy) is 1. The minimum Gasteiger partial charge on any atom is -0.550 e. The Morgan fingerprint density at radius 3 is 2.00 bits per heavy atom. The molecule has 1 fully saturated rings. The second kappa shape index (κ2) is 15.6. The second-order valence-corrected chi connectivity index (χ2v) is 8.24. The summed E-state index contributed by atoms with van der Waals surface area (Å²) in [5.41, 5.74) is -2.80. The predicted molar refractivity (Wildman–Crippen MR) is 113 cm³/mol. The largest absolute Gasteiger partial charge is 0.550 e. The second-order valence-electron chi connectivity index (χ2n) is 8.24. The maximum absolute atomic E-state index is 12.2. The Kier molecular flexibility index (Phi) is 14.5. The van der Waals surface area contributed by atoms with Gasteiger partial charge < -0.3 is 34.9 Å². The lowest BCUT2D eigenvalue weighted by atomic mass is 9.79. The number of quaternary nitrogens is 1. The number of esters is 1. The standard InChI is InChI=1S/C16H31NO2.C6H8O7/c1-4-15(14-10-8-7-9-11-14)16(18)19-13-12-17(5-2)6-3;7-3(8)1-6(13,5(11)12)2-4(9)10/h14-15H,4-13H2,1-3H3;13H,1-2H2,(H,7,8)(H,9,10)(H,11,12). The van der Waals surface area contributed by atoms with Crippen molar-refractivity contribution in [2.24, 2.45) is 11.8 Å². The molecular weight excluding hydrogens is 422 g/mol. The maximum atomic E-state index is 12.2. The summed E-state index contributed by atoms with van der Waals surface area (Å²) in [5.74, 6) is -4.56. The third-order valence-electron chi connectivity index (χ3n) is 5.94. The number of hydrogen-bond donors (Lipinski definition) is 4. The highest BCUT2D eigenvalue weighted by atomic mass is 16.5. The van der Waals surface area contributed by atoms with E-state index in [4.69, 9.17) is 20.1 Å². The van der Waals surface area contributed by atoms with Gasteiger partial charge in [-0.15, -0.1) is 0 Å². The number of carbonyl (C=O) groups excluding carboxylic acids is 2. The molecule has 32 heavy (non-hydrogen) atoms. The van der Waals surface area contributed by atoms with Crippen LogP contribution >= 0.6 is 0 Å². The number of aliphatic carboxylic acids is 3. The summed E-state index contributed by atoms with van der Waals surface area (Å²) in [6.45, 7) is 10.2. The van der Waals surface area contributed by atoms with Gasteiger partial charge in [0.05, 0.1) is 25.4 Å². The van der Waals surface area contributed by atoms with Gasteiger partial charge in [0, 0.05) is 12.4 Å². The molecule has 2 atom stereocenters. The van der Waals surface area contributed by atoms with Crippen molar-refractivity contribution in [3.05, 3.63) is 0 Å². The van der Waals surface area contributed by atoms with E-state index >= 15 is 0 Å². The lowest BCUT2D eigenvalue weighted by Crippen LogP contribution is -3.11. The zero-order valence-electron chi connectivity index (χ0n) is 19.4. The van der Waals surface area contributed by atoms with Crippen molar-refractivity contribution in [1.82, 2.24) is 0 Å². The van der Waals surface area contributed by atoms with Crippen molar-refractivity contribution in [3.8, 4) is 0 Å². The molecule has 0 radical (unpaired) electrons. The summed E-state index contributed by atoms with van der Waals surface area (Å²) >= 11 is 0. The van der Waals surface area contributed by atoms with Crippen LogP contribution in [0.2, 0.25) is 0 Å². The summed E-state index contributed by atoms with van der Waals surface area (Å²) in [5, 5.41) is 35.5. The number of nitrogens with one attached hydrogen (secondary N) is 1. The Morgan fingerprint density at radius 2 is 1.59 bits per heavy atom. The van der Waals surface area contributed by atoms with Crippen molar-refractivity contribution in [2.45, 2.75) is 77.7 Å². The third kappa shape index (κ3) is 11.4. The zero-order chi connectivity index (χ0) is 24.7. The minimum atomic E-state index is -2.80. The van der Waals surface area contributed by atoms with Gasteiger partial charge >= 0.3 is 17.9 Å². The first-order valence-corrected chi connectivity index (χ1v) is 11.4. The Morgan fingerprint density at radius 1 is 1.03 bits per heavy atom. The average Bonchev–Trinajstić information content (AvgIpc) is 2.72.